The first-order valence-electron chi connectivity index (χ1n) is 6.03. The van der Waals surface area contributed by atoms with E-state index in [0.717, 1.165) is 11.1 Å². The summed E-state index contributed by atoms with van der Waals surface area (Å²) < 4.78 is 0.681. The molecule has 0 aromatic heterocycles. The third-order valence-electron chi connectivity index (χ3n) is 3.20. The van der Waals surface area contributed by atoms with Crippen LogP contribution in [0.15, 0.2) is 34.8 Å². The molecule has 0 atom stereocenters. The fourth-order valence-corrected chi connectivity index (χ4v) is 2.44. The Morgan fingerprint density at radius 2 is 1.95 bits per heavy atom. The predicted octanol–water partition coefficient (Wildman–Crippen LogP) is 4.55. The molecular formula is C15H14BrClN2O. The fraction of sp³-hybridized carbons (Fsp3) is 0.133. The summed E-state index contributed by atoms with van der Waals surface area (Å²) in [5.41, 5.74) is 9.51. The van der Waals surface area contributed by atoms with Gasteiger partial charge in [-0.1, -0.05) is 23.7 Å². The number of hydrogen-bond donors (Lipinski definition) is 2. The van der Waals surface area contributed by atoms with Gasteiger partial charge in [-0.3, -0.25) is 4.79 Å². The minimum Gasteiger partial charge on any atom is -0.397 e. The normalized spacial score (nSPS) is 10.4. The van der Waals surface area contributed by atoms with E-state index in [9.17, 15) is 4.79 Å². The molecule has 0 unspecified atom stereocenters. The molecule has 0 aliphatic heterocycles. The first-order valence-corrected chi connectivity index (χ1v) is 7.20. The molecule has 0 saturated carbocycles. The molecule has 3 nitrogen and oxygen atoms in total. The molecule has 1 amide bonds. The number of anilines is 2. The Labute approximate surface area is 131 Å². The van der Waals surface area contributed by atoms with Gasteiger partial charge in [-0.2, -0.15) is 0 Å². The second-order valence-electron chi connectivity index (χ2n) is 4.53. The van der Waals surface area contributed by atoms with Crippen molar-refractivity contribution in [1.29, 1.82) is 0 Å². The molecule has 3 N–H and O–H groups in total. The van der Waals surface area contributed by atoms with Gasteiger partial charge in [-0.15, -0.1) is 0 Å². The third-order valence-corrected chi connectivity index (χ3v) is 4.50. The van der Waals surface area contributed by atoms with Gasteiger partial charge in [0, 0.05) is 4.47 Å². The van der Waals surface area contributed by atoms with Crippen LogP contribution in [0.3, 0.4) is 0 Å². The maximum atomic E-state index is 12.3. The standard InChI is InChI=1S/C15H14BrClN2O/c1-8-6-7-12(18)14(9(8)2)19-15(20)10-4-3-5-11(16)13(10)17/h3-7H,18H2,1-2H3,(H,19,20). The van der Waals surface area contributed by atoms with E-state index in [1.807, 2.05) is 19.9 Å². The van der Waals surface area contributed by atoms with Crippen LogP contribution in [0.5, 0.6) is 0 Å². The Hall–Kier alpha value is -1.52. The zero-order valence-electron chi connectivity index (χ0n) is 11.1. The zero-order valence-corrected chi connectivity index (χ0v) is 13.5. The van der Waals surface area contributed by atoms with Gasteiger partial charge < -0.3 is 11.1 Å². The minimum absolute atomic E-state index is 0.281. The van der Waals surface area contributed by atoms with Crippen LogP contribution in [0, 0.1) is 13.8 Å². The first-order chi connectivity index (χ1) is 9.41. The number of benzene rings is 2. The number of nitrogens with one attached hydrogen (secondary N) is 1. The summed E-state index contributed by atoms with van der Waals surface area (Å²) in [6.45, 7) is 3.89. The molecule has 0 fully saturated rings. The molecule has 0 spiro atoms. The number of nitrogen functional groups attached to an aromatic ring is 1. The van der Waals surface area contributed by atoms with Crippen molar-refractivity contribution in [1.82, 2.24) is 0 Å². The van der Waals surface area contributed by atoms with Crippen molar-refractivity contribution in [2.24, 2.45) is 0 Å². The molecule has 2 aromatic carbocycles. The smallest absolute Gasteiger partial charge is 0.257 e. The summed E-state index contributed by atoms with van der Waals surface area (Å²) in [4.78, 5) is 12.3. The number of aryl methyl sites for hydroxylation is 1. The summed E-state index contributed by atoms with van der Waals surface area (Å²) in [7, 11) is 0. The number of carbonyl (C=O) groups excluding carboxylic acids is 1. The Morgan fingerprint density at radius 3 is 2.65 bits per heavy atom. The second-order valence-corrected chi connectivity index (χ2v) is 5.76. The van der Waals surface area contributed by atoms with Crippen LogP contribution in [-0.4, -0.2) is 5.91 Å². The summed E-state index contributed by atoms with van der Waals surface area (Å²) in [6, 6.07) is 8.92. The van der Waals surface area contributed by atoms with Crippen LogP contribution >= 0.6 is 27.5 Å². The van der Waals surface area contributed by atoms with Gasteiger partial charge in [0.25, 0.3) is 5.91 Å². The van der Waals surface area contributed by atoms with Crippen molar-refractivity contribution in [3.8, 4) is 0 Å². The highest BCUT2D eigenvalue weighted by Crippen LogP contribution is 2.29. The maximum Gasteiger partial charge on any atom is 0.257 e. The Kier molecular flexibility index (Phi) is 4.35. The van der Waals surface area contributed by atoms with Gasteiger partial charge >= 0.3 is 0 Å². The molecule has 104 valence electrons. The van der Waals surface area contributed by atoms with Crippen molar-refractivity contribution < 1.29 is 4.79 Å². The van der Waals surface area contributed by atoms with Crippen molar-refractivity contribution in [3.05, 3.63) is 56.5 Å². The van der Waals surface area contributed by atoms with Crippen molar-refractivity contribution in [3.63, 3.8) is 0 Å². The third kappa shape index (κ3) is 2.81. The lowest BCUT2D eigenvalue weighted by molar-refractivity contribution is 0.102. The van der Waals surface area contributed by atoms with Crippen LogP contribution in [0.25, 0.3) is 0 Å². The van der Waals surface area contributed by atoms with Crippen molar-refractivity contribution in [2.75, 3.05) is 11.1 Å². The van der Waals surface area contributed by atoms with Crippen LogP contribution in [0.1, 0.15) is 21.5 Å². The average Bonchev–Trinajstić information content (AvgIpc) is 2.42. The van der Waals surface area contributed by atoms with E-state index in [0.29, 0.717) is 26.4 Å². The number of carbonyl (C=O) groups is 1. The van der Waals surface area contributed by atoms with E-state index in [1.165, 1.54) is 0 Å². The highest BCUT2D eigenvalue weighted by atomic mass is 79.9. The van der Waals surface area contributed by atoms with E-state index < -0.39 is 0 Å². The van der Waals surface area contributed by atoms with Crippen LogP contribution < -0.4 is 11.1 Å². The Morgan fingerprint density at radius 1 is 1.25 bits per heavy atom. The number of hydrogen-bond acceptors (Lipinski definition) is 2. The molecule has 0 bridgehead atoms. The minimum atomic E-state index is -0.281. The highest BCUT2D eigenvalue weighted by Gasteiger charge is 2.15. The Balaban J connectivity index is 2.38. The quantitative estimate of drug-likeness (QED) is 0.778. The lowest BCUT2D eigenvalue weighted by Gasteiger charge is -2.14. The maximum absolute atomic E-state index is 12.3. The molecule has 2 rings (SSSR count). The Bertz CT molecular complexity index is 686. The van der Waals surface area contributed by atoms with E-state index in [4.69, 9.17) is 17.3 Å². The van der Waals surface area contributed by atoms with Gasteiger partial charge in [-0.25, -0.2) is 0 Å². The summed E-state index contributed by atoms with van der Waals surface area (Å²) in [5.74, 6) is -0.281. The first kappa shape index (κ1) is 14.9. The van der Waals surface area contributed by atoms with Gasteiger partial charge in [0.05, 0.1) is 22.0 Å². The van der Waals surface area contributed by atoms with E-state index in [1.54, 1.807) is 24.3 Å². The van der Waals surface area contributed by atoms with Crippen LogP contribution in [0.2, 0.25) is 5.02 Å². The van der Waals surface area contributed by atoms with Gasteiger partial charge in [-0.05, 0) is 59.1 Å². The van der Waals surface area contributed by atoms with Gasteiger partial charge in [0.1, 0.15) is 0 Å². The number of nitrogens with two attached hydrogens (primary N) is 1. The SMILES string of the molecule is Cc1ccc(N)c(NC(=O)c2cccc(Br)c2Cl)c1C. The van der Waals surface area contributed by atoms with Crippen molar-refractivity contribution >= 4 is 44.8 Å². The molecule has 0 radical (unpaired) electrons. The lowest BCUT2D eigenvalue weighted by Crippen LogP contribution is -2.15. The molecule has 0 saturated heterocycles. The van der Waals surface area contributed by atoms with E-state index in [2.05, 4.69) is 21.2 Å². The molecule has 5 heteroatoms. The average molecular weight is 354 g/mol. The molecule has 0 aliphatic rings. The molecule has 2 aromatic rings. The summed E-state index contributed by atoms with van der Waals surface area (Å²) in [5, 5.41) is 3.22. The topological polar surface area (TPSA) is 55.1 Å². The van der Waals surface area contributed by atoms with Gasteiger partial charge in [0.15, 0.2) is 0 Å². The molecule has 0 aliphatic carbocycles. The van der Waals surface area contributed by atoms with E-state index in [-0.39, 0.29) is 5.91 Å². The van der Waals surface area contributed by atoms with Gasteiger partial charge in [0.2, 0.25) is 0 Å². The fourth-order valence-electron chi connectivity index (χ4n) is 1.86. The zero-order chi connectivity index (χ0) is 14.9. The number of halogens is 2. The van der Waals surface area contributed by atoms with Crippen LogP contribution in [0.4, 0.5) is 11.4 Å². The lowest BCUT2D eigenvalue weighted by atomic mass is 10.1. The predicted molar refractivity (Wildman–Crippen MR) is 87.4 cm³/mol. The van der Waals surface area contributed by atoms with Crippen LogP contribution in [-0.2, 0) is 0 Å². The van der Waals surface area contributed by atoms with Crippen molar-refractivity contribution in [2.45, 2.75) is 13.8 Å². The second kappa shape index (κ2) is 5.85. The largest absolute Gasteiger partial charge is 0.397 e. The highest BCUT2D eigenvalue weighted by molar-refractivity contribution is 9.10. The molecular weight excluding hydrogens is 340 g/mol. The molecule has 20 heavy (non-hydrogen) atoms. The number of amides is 1. The molecule has 0 heterocycles. The summed E-state index contributed by atoms with van der Waals surface area (Å²) >= 11 is 9.43. The van der Waals surface area contributed by atoms with E-state index >= 15 is 0 Å². The monoisotopic (exact) mass is 352 g/mol. The number of rotatable bonds is 2. The summed E-state index contributed by atoms with van der Waals surface area (Å²) in [6.07, 6.45) is 0.